The molecule has 4 nitrogen and oxygen atoms in total. The number of hydrogen-bond acceptors (Lipinski definition) is 4. The first-order valence-electron chi connectivity index (χ1n) is 7.11. The van der Waals surface area contributed by atoms with Crippen LogP contribution in [0.5, 0.6) is 0 Å². The highest BCUT2D eigenvalue weighted by atomic mass is 32.2. The zero-order valence-electron chi connectivity index (χ0n) is 12.8. The van der Waals surface area contributed by atoms with Crippen molar-refractivity contribution in [2.45, 2.75) is 9.79 Å². The average molecular weight is 360 g/mol. The van der Waals surface area contributed by atoms with Crippen LogP contribution in [0.3, 0.4) is 0 Å². The van der Waals surface area contributed by atoms with Crippen molar-refractivity contribution in [3.05, 3.63) is 72.8 Å². The summed E-state index contributed by atoms with van der Waals surface area (Å²) >= 11 is 0. The van der Waals surface area contributed by atoms with Crippen LogP contribution in [0.2, 0.25) is 0 Å². The van der Waals surface area contributed by atoms with Crippen LogP contribution in [0.4, 0.5) is 0 Å². The standard InChI is InChI=1S/C18H16O4S2/c19-23(20,17-11-5-3-6-12-17)15-9-1-2-10-16-24(21,22)18-13-7-4-8-14-18/h1,3-9,11-14H,15-16H2/b9-1+. The van der Waals surface area contributed by atoms with Gasteiger partial charge in [-0.25, -0.2) is 16.8 Å². The van der Waals surface area contributed by atoms with Crippen LogP contribution in [0.1, 0.15) is 0 Å². The molecular formula is C18H16O4S2. The van der Waals surface area contributed by atoms with E-state index in [4.69, 9.17) is 0 Å². The summed E-state index contributed by atoms with van der Waals surface area (Å²) in [5.41, 5.74) is 0. The lowest BCUT2D eigenvalue weighted by molar-refractivity contribution is 0.597. The van der Waals surface area contributed by atoms with Gasteiger partial charge in [-0.1, -0.05) is 54.3 Å². The van der Waals surface area contributed by atoms with E-state index in [2.05, 4.69) is 11.8 Å². The lowest BCUT2D eigenvalue weighted by Gasteiger charge is -1.99. The average Bonchev–Trinajstić information content (AvgIpc) is 2.59. The third kappa shape index (κ3) is 5.08. The smallest absolute Gasteiger partial charge is 0.189 e. The van der Waals surface area contributed by atoms with Crippen molar-refractivity contribution in [3.63, 3.8) is 0 Å². The van der Waals surface area contributed by atoms with Gasteiger partial charge in [0.1, 0.15) is 5.75 Å². The molecule has 0 radical (unpaired) electrons. The third-order valence-electron chi connectivity index (χ3n) is 3.09. The highest BCUT2D eigenvalue weighted by molar-refractivity contribution is 7.91. The Hall–Kier alpha value is -2.36. The second-order valence-electron chi connectivity index (χ2n) is 4.89. The number of rotatable bonds is 5. The molecule has 6 heteroatoms. The van der Waals surface area contributed by atoms with Crippen LogP contribution in [0.15, 0.2) is 82.6 Å². The first-order chi connectivity index (χ1) is 11.4. The van der Waals surface area contributed by atoms with Crippen molar-refractivity contribution in [3.8, 4) is 11.8 Å². The van der Waals surface area contributed by atoms with Crippen LogP contribution in [-0.4, -0.2) is 28.3 Å². The maximum absolute atomic E-state index is 12.0. The Bertz CT molecular complexity index is 964. The molecule has 0 heterocycles. The minimum atomic E-state index is -3.44. The molecule has 0 saturated carbocycles. The molecular weight excluding hydrogens is 344 g/mol. The van der Waals surface area contributed by atoms with Gasteiger partial charge in [0.25, 0.3) is 0 Å². The van der Waals surface area contributed by atoms with Crippen molar-refractivity contribution in [1.29, 1.82) is 0 Å². The molecule has 2 aromatic rings. The topological polar surface area (TPSA) is 68.3 Å². The summed E-state index contributed by atoms with van der Waals surface area (Å²) in [5, 5.41) is 0. The predicted molar refractivity (Wildman–Crippen MR) is 93.9 cm³/mol. The van der Waals surface area contributed by atoms with Gasteiger partial charge in [0.15, 0.2) is 19.7 Å². The maximum Gasteiger partial charge on any atom is 0.189 e. The monoisotopic (exact) mass is 360 g/mol. The largest absolute Gasteiger partial charge is 0.223 e. The summed E-state index contributed by atoms with van der Waals surface area (Å²) in [4.78, 5) is 0.462. The Balaban J connectivity index is 1.95. The van der Waals surface area contributed by atoms with Gasteiger partial charge in [-0.15, -0.1) is 0 Å². The summed E-state index contributed by atoms with van der Waals surface area (Å²) in [6.45, 7) is 0. The number of benzene rings is 2. The molecule has 124 valence electrons. The van der Waals surface area contributed by atoms with Gasteiger partial charge in [-0.3, -0.25) is 0 Å². The molecule has 0 fully saturated rings. The van der Waals surface area contributed by atoms with Gasteiger partial charge >= 0.3 is 0 Å². The molecule has 0 unspecified atom stereocenters. The molecule has 24 heavy (non-hydrogen) atoms. The van der Waals surface area contributed by atoms with Gasteiger partial charge < -0.3 is 0 Å². The fourth-order valence-electron chi connectivity index (χ4n) is 1.86. The van der Waals surface area contributed by atoms with Crippen molar-refractivity contribution >= 4 is 19.7 Å². The Kier molecular flexibility index (Phi) is 5.96. The van der Waals surface area contributed by atoms with Crippen LogP contribution in [0, 0.1) is 11.8 Å². The van der Waals surface area contributed by atoms with Crippen LogP contribution in [-0.2, 0) is 19.7 Å². The molecule has 0 aliphatic heterocycles. The van der Waals surface area contributed by atoms with E-state index in [0.29, 0.717) is 0 Å². The number of sulfone groups is 2. The van der Waals surface area contributed by atoms with Crippen LogP contribution >= 0.6 is 0 Å². The molecule has 0 amide bonds. The van der Waals surface area contributed by atoms with E-state index in [1.165, 1.54) is 36.4 Å². The SMILES string of the molecule is O=S(=O)(CC#C/C=C/CS(=O)(=O)c1ccccc1)c1ccccc1. The molecule has 0 aliphatic carbocycles. The van der Waals surface area contributed by atoms with Gasteiger partial charge in [-0.2, -0.15) is 0 Å². The zero-order valence-corrected chi connectivity index (χ0v) is 14.4. The lowest BCUT2D eigenvalue weighted by atomic mass is 10.4. The highest BCUT2D eigenvalue weighted by Crippen LogP contribution is 2.10. The van der Waals surface area contributed by atoms with E-state index in [1.54, 1.807) is 36.4 Å². The maximum atomic E-state index is 12.0. The Morgan fingerprint density at radius 2 is 1.25 bits per heavy atom. The minimum Gasteiger partial charge on any atom is -0.223 e. The van der Waals surface area contributed by atoms with Gasteiger partial charge in [0.05, 0.1) is 15.5 Å². The molecule has 0 spiro atoms. The Labute approximate surface area is 142 Å². The molecule has 2 rings (SSSR count). The minimum absolute atomic E-state index is 0.183. The molecule has 0 N–H and O–H groups in total. The quantitative estimate of drug-likeness (QED) is 0.768. The molecule has 0 saturated heterocycles. The molecule has 0 aromatic heterocycles. The summed E-state index contributed by atoms with van der Waals surface area (Å²) in [5.74, 6) is 4.60. The Morgan fingerprint density at radius 3 is 1.79 bits per heavy atom. The molecule has 0 atom stereocenters. The summed E-state index contributed by atoms with van der Waals surface area (Å²) in [7, 11) is -6.84. The normalized spacial score (nSPS) is 11.8. The molecule has 2 aromatic carbocycles. The second kappa shape index (κ2) is 7.95. The highest BCUT2D eigenvalue weighted by Gasteiger charge is 2.12. The molecule has 0 aliphatic rings. The van der Waals surface area contributed by atoms with E-state index < -0.39 is 19.7 Å². The van der Waals surface area contributed by atoms with Crippen molar-refractivity contribution in [2.24, 2.45) is 0 Å². The van der Waals surface area contributed by atoms with E-state index in [0.717, 1.165) is 0 Å². The lowest BCUT2D eigenvalue weighted by Crippen LogP contribution is -2.04. The van der Waals surface area contributed by atoms with E-state index >= 15 is 0 Å². The van der Waals surface area contributed by atoms with Gasteiger partial charge in [0, 0.05) is 0 Å². The first kappa shape index (κ1) is 18.0. The van der Waals surface area contributed by atoms with Gasteiger partial charge in [-0.05, 0) is 30.3 Å². The van der Waals surface area contributed by atoms with Crippen molar-refractivity contribution in [1.82, 2.24) is 0 Å². The van der Waals surface area contributed by atoms with E-state index in [9.17, 15) is 16.8 Å². The summed E-state index contributed by atoms with van der Waals surface area (Å²) in [6.07, 6.45) is 2.77. The Morgan fingerprint density at radius 1 is 0.750 bits per heavy atom. The van der Waals surface area contributed by atoms with Crippen LogP contribution in [0.25, 0.3) is 0 Å². The van der Waals surface area contributed by atoms with Crippen molar-refractivity contribution < 1.29 is 16.8 Å². The van der Waals surface area contributed by atoms with E-state index in [1.807, 2.05) is 0 Å². The predicted octanol–water partition coefficient (Wildman–Crippen LogP) is 2.49. The summed E-state index contributed by atoms with van der Waals surface area (Å²) < 4.78 is 48.0. The third-order valence-corrected chi connectivity index (χ3v) is 6.22. The van der Waals surface area contributed by atoms with E-state index in [-0.39, 0.29) is 21.3 Å². The molecule has 0 bridgehead atoms. The van der Waals surface area contributed by atoms with Crippen LogP contribution < -0.4 is 0 Å². The fourth-order valence-corrected chi connectivity index (χ4v) is 3.99. The summed E-state index contributed by atoms with van der Waals surface area (Å²) in [6, 6.07) is 16.2. The second-order valence-corrected chi connectivity index (χ2v) is 8.91. The fraction of sp³-hybridized carbons (Fsp3) is 0.111. The van der Waals surface area contributed by atoms with Gasteiger partial charge in [0.2, 0.25) is 0 Å². The zero-order chi connectivity index (χ0) is 17.5. The first-order valence-corrected chi connectivity index (χ1v) is 10.4. The van der Waals surface area contributed by atoms with Crippen molar-refractivity contribution in [2.75, 3.05) is 11.5 Å². The number of hydrogen-bond donors (Lipinski definition) is 0. The number of allylic oxidation sites excluding steroid dienone is 1.